The Labute approximate surface area is 107 Å². The van der Waals surface area contributed by atoms with Gasteiger partial charge in [0.1, 0.15) is 5.76 Å². The quantitative estimate of drug-likeness (QED) is 0.515. The van der Waals surface area contributed by atoms with Crippen LogP contribution in [0, 0.1) is 10.1 Å². The third-order valence-corrected chi connectivity index (χ3v) is 2.24. The van der Waals surface area contributed by atoms with Crippen LogP contribution in [0.1, 0.15) is 16.1 Å². The molecule has 96 valence electrons. The topological polar surface area (TPSA) is 97.7 Å². The van der Waals surface area contributed by atoms with Gasteiger partial charge in [0.25, 0.3) is 11.6 Å². The lowest BCUT2D eigenvalue weighted by molar-refractivity contribution is -0.384. The van der Waals surface area contributed by atoms with Gasteiger partial charge in [-0.25, -0.2) is 5.43 Å². The molecule has 7 heteroatoms. The van der Waals surface area contributed by atoms with Gasteiger partial charge in [-0.3, -0.25) is 14.9 Å². The van der Waals surface area contributed by atoms with Gasteiger partial charge in [0.05, 0.1) is 17.4 Å². The molecule has 0 aliphatic carbocycles. The van der Waals surface area contributed by atoms with Crippen molar-refractivity contribution >= 4 is 17.8 Å². The first-order valence-electron chi connectivity index (χ1n) is 5.28. The van der Waals surface area contributed by atoms with Gasteiger partial charge in [-0.05, 0) is 24.3 Å². The highest BCUT2D eigenvalue weighted by Gasteiger charge is 2.08. The van der Waals surface area contributed by atoms with Gasteiger partial charge in [0.2, 0.25) is 0 Å². The number of nitrogens with zero attached hydrogens (tertiary/aromatic N) is 2. The van der Waals surface area contributed by atoms with Crippen LogP contribution >= 0.6 is 0 Å². The van der Waals surface area contributed by atoms with Gasteiger partial charge >= 0.3 is 0 Å². The molecule has 0 unspecified atom stereocenters. The molecule has 1 heterocycles. The molecule has 0 saturated heterocycles. The Hall–Kier alpha value is -2.96. The molecule has 2 rings (SSSR count). The lowest BCUT2D eigenvalue weighted by Gasteiger charge is -1.98. The maximum absolute atomic E-state index is 11.6. The van der Waals surface area contributed by atoms with Crippen LogP contribution in [0.2, 0.25) is 0 Å². The lowest BCUT2D eigenvalue weighted by Crippen LogP contribution is -2.17. The average Bonchev–Trinajstić information content (AvgIpc) is 2.92. The Morgan fingerprint density at radius 2 is 2.05 bits per heavy atom. The second kappa shape index (κ2) is 5.58. The molecular formula is C12H9N3O4. The predicted octanol–water partition coefficient (Wildman–Crippen LogP) is 1.95. The van der Waals surface area contributed by atoms with Gasteiger partial charge in [-0.2, -0.15) is 5.10 Å². The molecule has 0 radical (unpaired) electrons. The summed E-state index contributed by atoms with van der Waals surface area (Å²) in [7, 11) is 0. The lowest BCUT2D eigenvalue weighted by atomic mass is 10.2. The molecule has 0 fully saturated rings. The van der Waals surface area contributed by atoms with Crippen LogP contribution in [0.3, 0.4) is 0 Å². The summed E-state index contributed by atoms with van der Waals surface area (Å²) in [4.78, 5) is 21.6. The van der Waals surface area contributed by atoms with Gasteiger partial charge in [0, 0.05) is 17.7 Å². The Bertz CT molecular complexity index is 602. The summed E-state index contributed by atoms with van der Waals surface area (Å²) < 4.78 is 4.99. The van der Waals surface area contributed by atoms with E-state index < -0.39 is 10.8 Å². The molecule has 0 bridgehead atoms. The second-order valence-electron chi connectivity index (χ2n) is 3.52. The second-order valence-corrected chi connectivity index (χ2v) is 3.52. The number of nitro benzene ring substituents is 1. The maximum Gasteiger partial charge on any atom is 0.271 e. The minimum atomic E-state index is -0.531. The van der Waals surface area contributed by atoms with Crippen LogP contribution in [0.15, 0.2) is 52.2 Å². The first kappa shape index (κ1) is 12.5. The largest absolute Gasteiger partial charge is 0.463 e. The van der Waals surface area contributed by atoms with Crippen LogP contribution in [0.4, 0.5) is 5.69 Å². The van der Waals surface area contributed by atoms with Crippen LogP contribution in [-0.2, 0) is 0 Å². The van der Waals surface area contributed by atoms with Crippen molar-refractivity contribution in [2.75, 3.05) is 0 Å². The number of furan rings is 1. The minimum Gasteiger partial charge on any atom is -0.463 e. The normalized spacial score (nSPS) is 10.5. The van der Waals surface area contributed by atoms with E-state index in [0.29, 0.717) is 5.76 Å². The fourth-order valence-electron chi connectivity index (χ4n) is 1.32. The molecule has 1 aromatic carbocycles. The zero-order valence-corrected chi connectivity index (χ0v) is 9.65. The summed E-state index contributed by atoms with van der Waals surface area (Å²) in [6, 6.07) is 8.60. The third-order valence-electron chi connectivity index (χ3n) is 2.24. The van der Waals surface area contributed by atoms with Crippen LogP contribution in [-0.4, -0.2) is 17.0 Å². The van der Waals surface area contributed by atoms with Crippen molar-refractivity contribution in [3.05, 3.63) is 64.1 Å². The molecule has 0 atom stereocenters. The van der Waals surface area contributed by atoms with E-state index in [1.807, 2.05) is 0 Å². The average molecular weight is 259 g/mol. The smallest absolute Gasteiger partial charge is 0.271 e. The third kappa shape index (κ3) is 3.25. The Morgan fingerprint density at radius 1 is 1.32 bits per heavy atom. The highest BCUT2D eigenvalue weighted by atomic mass is 16.6. The molecule has 1 amide bonds. The molecule has 0 spiro atoms. The fraction of sp³-hybridized carbons (Fsp3) is 0. The first-order valence-corrected chi connectivity index (χ1v) is 5.28. The molecule has 2 aromatic rings. The van der Waals surface area contributed by atoms with Crippen molar-refractivity contribution in [3.63, 3.8) is 0 Å². The van der Waals surface area contributed by atoms with Crippen molar-refractivity contribution in [1.29, 1.82) is 0 Å². The summed E-state index contributed by atoms with van der Waals surface area (Å²) >= 11 is 0. The highest BCUT2D eigenvalue weighted by molar-refractivity contribution is 5.94. The Morgan fingerprint density at radius 3 is 2.63 bits per heavy atom. The van der Waals surface area contributed by atoms with Crippen molar-refractivity contribution in [1.82, 2.24) is 5.43 Å². The van der Waals surface area contributed by atoms with Crippen LogP contribution < -0.4 is 5.43 Å². The van der Waals surface area contributed by atoms with Crippen molar-refractivity contribution in [2.45, 2.75) is 0 Å². The summed E-state index contributed by atoms with van der Waals surface area (Å²) in [5.74, 6) is 0.0432. The number of amides is 1. The number of hydrazone groups is 1. The van der Waals surface area contributed by atoms with Gasteiger partial charge in [-0.15, -0.1) is 0 Å². The number of non-ortho nitro benzene ring substituents is 1. The summed E-state index contributed by atoms with van der Waals surface area (Å²) in [6.45, 7) is 0. The number of carbonyl (C=O) groups is 1. The number of carbonyl (C=O) groups excluding carboxylic acids is 1. The van der Waals surface area contributed by atoms with Crippen molar-refractivity contribution in [3.8, 4) is 0 Å². The number of hydrogen-bond donors (Lipinski definition) is 1. The number of rotatable bonds is 4. The number of nitrogens with one attached hydrogen (secondary N) is 1. The van der Waals surface area contributed by atoms with E-state index in [9.17, 15) is 14.9 Å². The summed E-state index contributed by atoms with van der Waals surface area (Å²) in [6.07, 6.45) is 2.84. The Kier molecular flexibility index (Phi) is 3.67. The molecule has 0 aliphatic rings. The molecular weight excluding hydrogens is 250 g/mol. The summed E-state index contributed by atoms with van der Waals surface area (Å²) in [5.41, 5.74) is 2.49. The van der Waals surface area contributed by atoms with Crippen LogP contribution in [0.5, 0.6) is 0 Å². The Balaban J connectivity index is 1.98. The van der Waals surface area contributed by atoms with E-state index >= 15 is 0 Å². The van der Waals surface area contributed by atoms with Gasteiger partial charge in [-0.1, -0.05) is 0 Å². The maximum atomic E-state index is 11.6. The molecule has 1 N–H and O–H groups in total. The zero-order valence-electron chi connectivity index (χ0n) is 9.65. The number of nitro groups is 1. The van der Waals surface area contributed by atoms with Gasteiger partial charge < -0.3 is 4.42 Å². The molecule has 1 aromatic heterocycles. The molecule has 0 aliphatic heterocycles. The SMILES string of the molecule is O=C(N/N=C/c1ccco1)c1ccc([N+](=O)[O-])cc1. The van der Waals surface area contributed by atoms with E-state index in [-0.39, 0.29) is 11.3 Å². The molecule has 19 heavy (non-hydrogen) atoms. The highest BCUT2D eigenvalue weighted by Crippen LogP contribution is 2.11. The standard InChI is InChI=1S/C12H9N3O4/c16-12(14-13-8-11-2-1-7-19-11)9-3-5-10(6-4-9)15(17)18/h1-8H,(H,14,16)/b13-8+. The van der Waals surface area contributed by atoms with Gasteiger partial charge in [0.15, 0.2) is 0 Å². The zero-order chi connectivity index (χ0) is 13.7. The number of hydrogen-bond acceptors (Lipinski definition) is 5. The van der Waals surface area contributed by atoms with Crippen molar-refractivity contribution < 1.29 is 14.1 Å². The van der Waals surface area contributed by atoms with E-state index in [2.05, 4.69) is 10.5 Å². The van der Waals surface area contributed by atoms with E-state index in [1.54, 1.807) is 12.1 Å². The number of benzene rings is 1. The first-order chi connectivity index (χ1) is 9.16. The van der Waals surface area contributed by atoms with E-state index in [1.165, 1.54) is 36.7 Å². The van der Waals surface area contributed by atoms with Crippen LogP contribution in [0.25, 0.3) is 0 Å². The van der Waals surface area contributed by atoms with E-state index in [0.717, 1.165) is 0 Å². The van der Waals surface area contributed by atoms with Crippen molar-refractivity contribution in [2.24, 2.45) is 5.10 Å². The predicted molar refractivity (Wildman–Crippen MR) is 66.9 cm³/mol. The van der Waals surface area contributed by atoms with E-state index in [4.69, 9.17) is 4.42 Å². The monoisotopic (exact) mass is 259 g/mol. The molecule has 0 saturated carbocycles. The molecule has 7 nitrogen and oxygen atoms in total. The summed E-state index contributed by atoms with van der Waals surface area (Å²) in [5, 5.41) is 14.2. The minimum absolute atomic E-state index is 0.0735. The fourth-order valence-corrected chi connectivity index (χ4v) is 1.32.